The number of amides is 1. The number of hydrogen-bond donors (Lipinski definition) is 1. The van der Waals surface area contributed by atoms with Gasteiger partial charge in [-0.2, -0.15) is 0 Å². The Morgan fingerprint density at radius 2 is 1.52 bits per heavy atom. The lowest BCUT2D eigenvalue weighted by molar-refractivity contribution is -0.114. The SMILES string of the molecule is Cc1ccc(S(=O)(=O)N(CC(=O)Nc2cccc(Cl)c2C)c2cc(C)cc(C)c2)cc1. The van der Waals surface area contributed by atoms with E-state index in [-0.39, 0.29) is 11.4 Å². The fourth-order valence-electron chi connectivity index (χ4n) is 3.31. The average Bonchev–Trinajstić information content (AvgIpc) is 2.69. The van der Waals surface area contributed by atoms with E-state index in [2.05, 4.69) is 5.32 Å². The second-order valence-electron chi connectivity index (χ2n) is 7.63. The highest BCUT2D eigenvalue weighted by Gasteiger charge is 2.27. The van der Waals surface area contributed by atoms with Crippen LogP contribution in [0.2, 0.25) is 5.02 Å². The monoisotopic (exact) mass is 456 g/mol. The van der Waals surface area contributed by atoms with Gasteiger partial charge in [0.2, 0.25) is 5.91 Å². The van der Waals surface area contributed by atoms with E-state index in [1.54, 1.807) is 61.5 Å². The van der Waals surface area contributed by atoms with Crippen molar-refractivity contribution in [2.24, 2.45) is 0 Å². The van der Waals surface area contributed by atoms with Crippen LogP contribution < -0.4 is 9.62 Å². The molecule has 0 atom stereocenters. The fourth-order valence-corrected chi connectivity index (χ4v) is 4.89. The lowest BCUT2D eigenvalue weighted by atomic mass is 10.1. The lowest BCUT2D eigenvalue weighted by Crippen LogP contribution is -2.38. The molecule has 0 aliphatic carbocycles. The molecule has 1 N–H and O–H groups in total. The van der Waals surface area contributed by atoms with Crippen LogP contribution in [-0.4, -0.2) is 20.9 Å². The van der Waals surface area contributed by atoms with Gasteiger partial charge in [0.05, 0.1) is 10.6 Å². The number of anilines is 2. The van der Waals surface area contributed by atoms with Crippen molar-refractivity contribution in [3.05, 3.63) is 87.9 Å². The van der Waals surface area contributed by atoms with Crippen molar-refractivity contribution in [3.63, 3.8) is 0 Å². The Morgan fingerprint density at radius 1 is 0.903 bits per heavy atom. The van der Waals surface area contributed by atoms with Crippen LogP contribution in [0.3, 0.4) is 0 Å². The number of nitrogens with one attached hydrogen (secondary N) is 1. The van der Waals surface area contributed by atoms with Crippen LogP contribution in [0.25, 0.3) is 0 Å². The average molecular weight is 457 g/mol. The summed E-state index contributed by atoms with van der Waals surface area (Å²) in [5.74, 6) is -0.458. The predicted molar refractivity (Wildman–Crippen MR) is 126 cm³/mol. The van der Waals surface area contributed by atoms with Gasteiger partial charge in [-0.05, 0) is 80.8 Å². The zero-order valence-corrected chi connectivity index (χ0v) is 19.5. The molecular weight excluding hydrogens is 432 g/mol. The minimum absolute atomic E-state index is 0.129. The van der Waals surface area contributed by atoms with Crippen molar-refractivity contribution < 1.29 is 13.2 Å². The van der Waals surface area contributed by atoms with Crippen LogP contribution in [0.1, 0.15) is 22.3 Å². The maximum Gasteiger partial charge on any atom is 0.264 e. The van der Waals surface area contributed by atoms with Crippen molar-refractivity contribution in [1.82, 2.24) is 0 Å². The van der Waals surface area contributed by atoms with Crippen molar-refractivity contribution in [2.75, 3.05) is 16.2 Å². The summed E-state index contributed by atoms with van der Waals surface area (Å²) in [5.41, 5.74) is 4.47. The van der Waals surface area contributed by atoms with Gasteiger partial charge in [0, 0.05) is 10.7 Å². The van der Waals surface area contributed by atoms with Crippen molar-refractivity contribution in [3.8, 4) is 0 Å². The molecule has 0 saturated heterocycles. The van der Waals surface area contributed by atoms with E-state index in [0.29, 0.717) is 16.4 Å². The summed E-state index contributed by atoms with van der Waals surface area (Å²) in [7, 11) is -3.96. The third-order valence-electron chi connectivity index (χ3n) is 4.93. The van der Waals surface area contributed by atoms with Crippen LogP contribution in [0.5, 0.6) is 0 Å². The number of hydrogen-bond acceptors (Lipinski definition) is 3. The minimum Gasteiger partial charge on any atom is -0.324 e. The molecule has 0 bridgehead atoms. The van der Waals surface area contributed by atoms with Crippen molar-refractivity contribution >= 4 is 38.9 Å². The maximum atomic E-state index is 13.5. The third-order valence-corrected chi connectivity index (χ3v) is 7.13. The number of benzene rings is 3. The Morgan fingerprint density at radius 3 is 2.13 bits per heavy atom. The molecule has 0 aliphatic heterocycles. The highest BCUT2D eigenvalue weighted by atomic mass is 35.5. The molecule has 0 unspecified atom stereocenters. The van der Waals surface area contributed by atoms with Gasteiger partial charge in [0.25, 0.3) is 10.0 Å². The first kappa shape index (κ1) is 22.8. The van der Waals surface area contributed by atoms with Gasteiger partial charge in [0.15, 0.2) is 0 Å². The molecule has 0 aromatic heterocycles. The zero-order valence-electron chi connectivity index (χ0n) is 17.9. The fraction of sp³-hybridized carbons (Fsp3) is 0.208. The van der Waals surface area contributed by atoms with Crippen molar-refractivity contribution in [2.45, 2.75) is 32.6 Å². The smallest absolute Gasteiger partial charge is 0.264 e. The van der Waals surface area contributed by atoms with Crippen LogP contribution in [0.15, 0.2) is 65.6 Å². The molecule has 31 heavy (non-hydrogen) atoms. The number of sulfonamides is 1. The zero-order chi connectivity index (χ0) is 22.8. The first-order chi connectivity index (χ1) is 14.6. The van der Waals surface area contributed by atoms with Crippen LogP contribution >= 0.6 is 11.6 Å². The summed E-state index contributed by atoms with van der Waals surface area (Å²) >= 11 is 6.14. The first-order valence-electron chi connectivity index (χ1n) is 9.80. The molecule has 5 nitrogen and oxygen atoms in total. The van der Waals surface area contributed by atoms with Crippen molar-refractivity contribution in [1.29, 1.82) is 0 Å². The van der Waals surface area contributed by atoms with E-state index in [4.69, 9.17) is 11.6 Å². The van der Waals surface area contributed by atoms with E-state index < -0.39 is 15.9 Å². The molecule has 0 saturated carbocycles. The maximum absolute atomic E-state index is 13.5. The number of halogens is 1. The number of aryl methyl sites for hydroxylation is 3. The van der Waals surface area contributed by atoms with E-state index in [1.807, 2.05) is 26.8 Å². The third kappa shape index (κ3) is 5.27. The largest absolute Gasteiger partial charge is 0.324 e. The highest BCUT2D eigenvalue weighted by molar-refractivity contribution is 7.92. The molecule has 0 aliphatic rings. The topological polar surface area (TPSA) is 66.5 Å². The summed E-state index contributed by atoms with van der Waals surface area (Å²) in [6, 6.07) is 17.3. The molecule has 0 fully saturated rings. The Labute approximate surface area is 188 Å². The molecular formula is C24H25ClN2O3S. The van der Waals surface area contributed by atoms with E-state index in [0.717, 1.165) is 26.6 Å². The second-order valence-corrected chi connectivity index (χ2v) is 9.90. The Hall–Kier alpha value is -2.83. The molecule has 1 amide bonds. The highest BCUT2D eigenvalue weighted by Crippen LogP contribution is 2.27. The van der Waals surface area contributed by atoms with Gasteiger partial charge in [-0.25, -0.2) is 8.42 Å². The van der Waals surface area contributed by atoms with Crippen LogP contribution in [-0.2, 0) is 14.8 Å². The van der Waals surface area contributed by atoms with E-state index >= 15 is 0 Å². The normalized spacial score (nSPS) is 11.3. The number of carbonyl (C=O) groups is 1. The molecule has 3 aromatic carbocycles. The second kappa shape index (κ2) is 9.12. The Kier molecular flexibility index (Phi) is 6.72. The molecule has 3 aromatic rings. The number of carbonyl (C=O) groups excluding carboxylic acids is 1. The Balaban J connectivity index is 2.00. The predicted octanol–water partition coefficient (Wildman–Crippen LogP) is 5.41. The van der Waals surface area contributed by atoms with Gasteiger partial charge in [-0.1, -0.05) is 41.4 Å². The summed E-state index contributed by atoms with van der Waals surface area (Å²) in [4.78, 5) is 13.0. The van der Waals surface area contributed by atoms with Crippen LogP contribution in [0, 0.1) is 27.7 Å². The summed E-state index contributed by atoms with van der Waals surface area (Å²) in [6.07, 6.45) is 0. The summed E-state index contributed by atoms with van der Waals surface area (Å²) in [6.45, 7) is 7.09. The Bertz CT molecular complexity index is 1200. The molecule has 7 heteroatoms. The van der Waals surface area contributed by atoms with Gasteiger partial charge < -0.3 is 5.32 Å². The molecule has 0 spiro atoms. The molecule has 0 radical (unpaired) electrons. The summed E-state index contributed by atoms with van der Waals surface area (Å²) < 4.78 is 28.1. The lowest BCUT2D eigenvalue weighted by Gasteiger charge is -2.25. The standard InChI is InChI=1S/C24H25ClN2O3S/c1-16-8-10-21(11-9-16)31(29,30)27(20-13-17(2)12-18(3)14-20)15-24(28)26-23-7-5-6-22(25)19(23)4/h5-14H,15H2,1-4H3,(H,26,28). The van der Waals surface area contributed by atoms with Gasteiger partial charge in [0.1, 0.15) is 6.54 Å². The van der Waals surface area contributed by atoms with Gasteiger partial charge >= 0.3 is 0 Å². The number of rotatable bonds is 6. The van der Waals surface area contributed by atoms with E-state index in [1.165, 1.54) is 0 Å². The van der Waals surface area contributed by atoms with E-state index in [9.17, 15) is 13.2 Å². The van der Waals surface area contributed by atoms with Gasteiger partial charge in [-0.15, -0.1) is 0 Å². The summed E-state index contributed by atoms with van der Waals surface area (Å²) in [5, 5.41) is 3.31. The van der Waals surface area contributed by atoms with Gasteiger partial charge in [-0.3, -0.25) is 9.10 Å². The quantitative estimate of drug-likeness (QED) is 0.539. The molecule has 3 rings (SSSR count). The molecule has 0 heterocycles. The minimum atomic E-state index is -3.96. The molecule has 162 valence electrons. The first-order valence-corrected chi connectivity index (χ1v) is 11.6. The number of nitrogens with zero attached hydrogens (tertiary/aromatic N) is 1. The van der Waals surface area contributed by atoms with Crippen LogP contribution in [0.4, 0.5) is 11.4 Å².